The number of alkyl halides is 3. The van der Waals surface area contributed by atoms with Gasteiger partial charge >= 0.3 is 6.18 Å². The van der Waals surface area contributed by atoms with Gasteiger partial charge in [-0.15, -0.1) is 0 Å². The first kappa shape index (κ1) is 19.2. The molecule has 0 saturated carbocycles. The highest BCUT2D eigenvalue weighted by atomic mass is 19.4. The van der Waals surface area contributed by atoms with E-state index in [1.807, 2.05) is 4.90 Å². The number of nitriles is 1. The first-order chi connectivity index (χ1) is 12.9. The third-order valence-corrected chi connectivity index (χ3v) is 4.70. The zero-order valence-electron chi connectivity index (χ0n) is 14.6. The van der Waals surface area contributed by atoms with Crippen molar-refractivity contribution < 1.29 is 17.6 Å². The lowest BCUT2D eigenvalue weighted by Crippen LogP contribution is -2.30. The normalized spacial score (nSPS) is 16.0. The van der Waals surface area contributed by atoms with Crippen molar-refractivity contribution in [3.05, 3.63) is 65.0 Å². The number of rotatable bonds is 3. The third kappa shape index (κ3) is 4.77. The molecule has 142 valence electrons. The number of nitrogens with zero attached hydrogens (tertiary/aromatic N) is 3. The summed E-state index contributed by atoms with van der Waals surface area (Å²) in [5.74, 6) is -0.276. The van der Waals surface area contributed by atoms with E-state index >= 15 is 0 Å². The molecule has 3 rings (SSSR count). The Labute approximate surface area is 155 Å². The second-order valence-electron chi connectivity index (χ2n) is 6.58. The average Bonchev–Trinajstić information content (AvgIpc) is 2.88. The van der Waals surface area contributed by atoms with Crippen LogP contribution in [0.15, 0.2) is 42.5 Å². The predicted octanol–water partition coefficient (Wildman–Crippen LogP) is 4.43. The fourth-order valence-electron chi connectivity index (χ4n) is 3.30. The molecule has 7 heteroatoms. The summed E-state index contributed by atoms with van der Waals surface area (Å²) in [5, 5.41) is 8.93. The summed E-state index contributed by atoms with van der Waals surface area (Å²) in [6.45, 7) is 3.41. The third-order valence-electron chi connectivity index (χ3n) is 4.70. The van der Waals surface area contributed by atoms with Gasteiger partial charge in [-0.05, 0) is 42.3 Å². The summed E-state index contributed by atoms with van der Waals surface area (Å²) in [4.78, 5) is 4.13. The van der Waals surface area contributed by atoms with Gasteiger partial charge in [0, 0.05) is 38.4 Å². The van der Waals surface area contributed by atoms with Gasteiger partial charge in [-0.25, -0.2) is 4.39 Å². The highest BCUT2D eigenvalue weighted by Gasteiger charge is 2.34. The zero-order chi connectivity index (χ0) is 19.4. The van der Waals surface area contributed by atoms with Crippen molar-refractivity contribution in [2.75, 3.05) is 31.1 Å². The molecule has 27 heavy (non-hydrogen) atoms. The monoisotopic (exact) mass is 377 g/mol. The quantitative estimate of drug-likeness (QED) is 0.742. The van der Waals surface area contributed by atoms with Crippen LogP contribution in [0.25, 0.3) is 0 Å². The Balaban J connectivity index is 1.71. The number of anilines is 1. The standard InChI is InChI=1S/C20H19F4N3/c21-17-5-2-15(3-6-17)14-26-8-1-9-27(11-10-26)18-7-4-16(13-25)19(12-18)20(22,23)24/h2-7,12H,1,8-11,14H2. The van der Waals surface area contributed by atoms with E-state index in [-0.39, 0.29) is 11.4 Å². The zero-order valence-corrected chi connectivity index (χ0v) is 14.6. The summed E-state index contributed by atoms with van der Waals surface area (Å²) in [7, 11) is 0. The maximum atomic E-state index is 13.2. The summed E-state index contributed by atoms with van der Waals surface area (Å²) in [6, 6.07) is 11.8. The summed E-state index contributed by atoms with van der Waals surface area (Å²) < 4.78 is 52.6. The van der Waals surface area contributed by atoms with E-state index < -0.39 is 11.7 Å². The molecule has 0 spiro atoms. The SMILES string of the molecule is N#Cc1ccc(N2CCCN(Cc3ccc(F)cc3)CC2)cc1C(F)(F)F. The lowest BCUT2D eigenvalue weighted by Gasteiger charge is -2.25. The first-order valence-corrected chi connectivity index (χ1v) is 8.70. The van der Waals surface area contributed by atoms with Crippen molar-refractivity contribution in [3.63, 3.8) is 0 Å². The van der Waals surface area contributed by atoms with Crippen LogP contribution < -0.4 is 4.90 Å². The maximum Gasteiger partial charge on any atom is 0.417 e. The topological polar surface area (TPSA) is 30.3 Å². The molecule has 0 bridgehead atoms. The molecule has 1 aliphatic rings. The van der Waals surface area contributed by atoms with Gasteiger partial charge in [0.15, 0.2) is 0 Å². The molecule has 0 aliphatic carbocycles. The Bertz CT molecular complexity index is 825. The van der Waals surface area contributed by atoms with Crippen LogP contribution in [-0.2, 0) is 12.7 Å². The second kappa shape index (κ2) is 7.97. The average molecular weight is 377 g/mol. The molecule has 0 amide bonds. The largest absolute Gasteiger partial charge is 0.417 e. The molecule has 2 aromatic carbocycles. The molecule has 0 N–H and O–H groups in total. The van der Waals surface area contributed by atoms with Gasteiger partial charge in [-0.2, -0.15) is 18.4 Å². The van der Waals surface area contributed by atoms with Crippen LogP contribution in [-0.4, -0.2) is 31.1 Å². The molecule has 0 unspecified atom stereocenters. The Morgan fingerprint density at radius 1 is 0.963 bits per heavy atom. The Morgan fingerprint density at radius 3 is 2.37 bits per heavy atom. The van der Waals surface area contributed by atoms with Gasteiger partial charge in [0.2, 0.25) is 0 Å². The molecule has 0 radical (unpaired) electrons. The Morgan fingerprint density at radius 2 is 1.70 bits per heavy atom. The molecule has 3 nitrogen and oxygen atoms in total. The number of halogens is 4. The molecule has 0 atom stereocenters. The van der Waals surface area contributed by atoms with Gasteiger partial charge < -0.3 is 4.90 Å². The Kier molecular flexibility index (Phi) is 5.66. The summed E-state index contributed by atoms with van der Waals surface area (Å²) >= 11 is 0. The van der Waals surface area contributed by atoms with E-state index in [0.717, 1.165) is 24.6 Å². The smallest absolute Gasteiger partial charge is 0.370 e. The van der Waals surface area contributed by atoms with E-state index in [2.05, 4.69) is 4.90 Å². The molecule has 1 saturated heterocycles. The van der Waals surface area contributed by atoms with Crippen LogP contribution >= 0.6 is 0 Å². The van der Waals surface area contributed by atoms with Crippen LogP contribution in [0.4, 0.5) is 23.2 Å². The minimum absolute atomic E-state index is 0.276. The molecule has 0 aromatic heterocycles. The lowest BCUT2D eigenvalue weighted by atomic mass is 10.1. The molecule has 2 aromatic rings. The van der Waals surface area contributed by atoms with Gasteiger partial charge in [-0.1, -0.05) is 12.1 Å². The van der Waals surface area contributed by atoms with E-state index in [9.17, 15) is 17.6 Å². The van der Waals surface area contributed by atoms with Gasteiger partial charge in [0.05, 0.1) is 17.2 Å². The fraction of sp³-hybridized carbons (Fsp3) is 0.350. The van der Waals surface area contributed by atoms with Crippen LogP contribution in [0.1, 0.15) is 23.1 Å². The van der Waals surface area contributed by atoms with Crippen molar-refractivity contribution in [2.45, 2.75) is 19.1 Å². The number of benzene rings is 2. The van der Waals surface area contributed by atoms with E-state index in [1.165, 1.54) is 18.2 Å². The number of hydrogen-bond acceptors (Lipinski definition) is 3. The van der Waals surface area contributed by atoms with Crippen molar-refractivity contribution >= 4 is 5.69 Å². The molecule has 1 fully saturated rings. The molecule has 1 heterocycles. The minimum atomic E-state index is -4.55. The van der Waals surface area contributed by atoms with Crippen molar-refractivity contribution in [1.29, 1.82) is 5.26 Å². The van der Waals surface area contributed by atoms with Crippen LogP contribution in [0, 0.1) is 17.1 Å². The first-order valence-electron chi connectivity index (χ1n) is 8.70. The maximum absolute atomic E-state index is 13.2. The van der Waals surface area contributed by atoms with Gasteiger partial charge in [0.25, 0.3) is 0 Å². The number of hydrogen-bond donors (Lipinski definition) is 0. The summed E-state index contributed by atoms with van der Waals surface area (Å²) in [5.41, 5.74) is 0.224. The lowest BCUT2D eigenvalue weighted by molar-refractivity contribution is -0.137. The van der Waals surface area contributed by atoms with Crippen molar-refractivity contribution in [1.82, 2.24) is 4.90 Å². The van der Waals surface area contributed by atoms with Gasteiger partial charge in [0.1, 0.15) is 5.82 Å². The van der Waals surface area contributed by atoms with E-state index in [4.69, 9.17) is 5.26 Å². The molecular weight excluding hydrogens is 358 g/mol. The van der Waals surface area contributed by atoms with Crippen LogP contribution in [0.3, 0.4) is 0 Å². The molecule has 1 aliphatic heterocycles. The highest BCUT2D eigenvalue weighted by molar-refractivity contribution is 5.55. The van der Waals surface area contributed by atoms with Crippen molar-refractivity contribution in [3.8, 4) is 6.07 Å². The highest BCUT2D eigenvalue weighted by Crippen LogP contribution is 2.34. The van der Waals surface area contributed by atoms with E-state index in [0.29, 0.717) is 31.9 Å². The molecular formula is C20H19F4N3. The van der Waals surface area contributed by atoms with Crippen molar-refractivity contribution in [2.24, 2.45) is 0 Å². The van der Waals surface area contributed by atoms with E-state index in [1.54, 1.807) is 24.3 Å². The minimum Gasteiger partial charge on any atom is -0.370 e. The van der Waals surface area contributed by atoms with Crippen LogP contribution in [0.2, 0.25) is 0 Å². The van der Waals surface area contributed by atoms with Gasteiger partial charge in [-0.3, -0.25) is 4.90 Å². The second-order valence-corrected chi connectivity index (χ2v) is 6.58. The van der Waals surface area contributed by atoms with Crippen LogP contribution in [0.5, 0.6) is 0 Å². The fourth-order valence-corrected chi connectivity index (χ4v) is 3.30. The summed E-state index contributed by atoms with van der Waals surface area (Å²) in [6.07, 6.45) is -3.75. The Hall–Kier alpha value is -2.59. The predicted molar refractivity (Wildman–Crippen MR) is 94.7 cm³/mol.